The van der Waals surface area contributed by atoms with Gasteiger partial charge in [0.25, 0.3) is 0 Å². The van der Waals surface area contributed by atoms with Gasteiger partial charge in [0.15, 0.2) is 5.84 Å². The van der Waals surface area contributed by atoms with E-state index in [1.165, 1.54) is 26.2 Å². The molecule has 0 bridgehead atoms. The molecule has 0 aliphatic rings. The number of aliphatic imine (C=N–C) groups is 1. The molecule has 3 aromatic rings. The first-order valence-electron chi connectivity index (χ1n) is 10.8. The van der Waals surface area contributed by atoms with Crippen LogP contribution in [-0.4, -0.2) is 41.6 Å². The van der Waals surface area contributed by atoms with Crippen molar-refractivity contribution in [1.29, 1.82) is 0 Å². The fourth-order valence-corrected chi connectivity index (χ4v) is 4.66. The second-order valence-electron chi connectivity index (χ2n) is 7.68. The van der Waals surface area contributed by atoms with Crippen LogP contribution in [0.2, 0.25) is 10.0 Å². The SMILES string of the molecule is CN=C(NOCc1ccc(OC(F)(F)F)cc1)c1nn(-c2c(Cl)cc(C(F)(F)F)cc2Cl)c(NC)c1SC(F)(F)F. The Labute approximate surface area is 239 Å². The lowest BCUT2D eigenvalue weighted by atomic mass is 10.2. The lowest BCUT2D eigenvalue weighted by Gasteiger charge is -2.15. The highest BCUT2D eigenvalue weighted by molar-refractivity contribution is 8.00. The van der Waals surface area contributed by atoms with E-state index in [2.05, 4.69) is 25.6 Å². The maximum Gasteiger partial charge on any atom is 0.573 e. The number of hydrogen-bond acceptors (Lipinski definition) is 6. The molecule has 41 heavy (non-hydrogen) atoms. The molecule has 0 saturated heterocycles. The van der Waals surface area contributed by atoms with E-state index >= 15 is 0 Å². The van der Waals surface area contributed by atoms with Crippen molar-refractivity contribution in [3.63, 3.8) is 0 Å². The molecule has 2 aromatic carbocycles. The Morgan fingerprint density at radius 1 is 1.00 bits per heavy atom. The number of nitrogens with zero attached hydrogens (tertiary/aromatic N) is 3. The highest BCUT2D eigenvalue weighted by Crippen LogP contribution is 2.45. The Kier molecular flexibility index (Phi) is 9.88. The summed E-state index contributed by atoms with van der Waals surface area (Å²) in [7, 11) is 2.43. The van der Waals surface area contributed by atoms with Crippen molar-refractivity contribution >= 4 is 46.6 Å². The van der Waals surface area contributed by atoms with Gasteiger partial charge >= 0.3 is 18.0 Å². The average Bonchev–Trinajstić information content (AvgIpc) is 3.16. The van der Waals surface area contributed by atoms with Gasteiger partial charge in [-0.2, -0.15) is 31.4 Å². The number of ether oxygens (including phenoxy) is 1. The van der Waals surface area contributed by atoms with Crippen molar-refractivity contribution in [2.24, 2.45) is 4.99 Å². The van der Waals surface area contributed by atoms with Crippen molar-refractivity contribution in [3.05, 3.63) is 63.3 Å². The molecular formula is C22H16Cl2F9N5O2S. The molecule has 0 fully saturated rings. The number of rotatable bonds is 8. The fraction of sp³-hybridized carbons (Fsp3) is 0.273. The number of amidine groups is 1. The summed E-state index contributed by atoms with van der Waals surface area (Å²) in [6.45, 7) is -0.288. The largest absolute Gasteiger partial charge is 0.573 e. The van der Waals surface area contributed by atoms with Crippen molar-refractivity contribution in [1.82, 2.24) is 15.3 Å². The molecule has 224 valence electrons. The summed E-state index contributed by atoms with van der Waals surface area (Å²) >= 11 is 11.5. The van der Waals surface area contributed by atoms with Crippen LogP contribution in [0.1, 0.15) is 16.8 Å². The number of hydroxylamine groups is 1. The van der Waals surface area contributed by atoms with Crippen LogP contribution in [0.25, 0.3) is 5.69 Å². The molecule has 2 N–H and O–H groups in total. The third-order valence-electron chi connectivity index (χ3n) is 4.87. The standard InChI is InChI=1S/C22H16Cl2F9N5O2S/c1-34-18(37-39-9-10-3-5-12(6-4-10)40-21(28,29)30)15-17(41-22(31,32)33)19(35-2)38(36-15)16-13(23)7-11(8-14(16)24)20(25,26)27/h3-8,35H,9H2,1-2H3,(H,34,37). The monoisotopic (exact) mass is 655 g/mol. The maximum atomic E-state index is 13.5. The minimum Gasteiger partial charge on any atom is -0.406 e. The summed E-state index contributed by atoms with van der Waals surface area (Å²) < 4.78 is 122. The molecule has 0 unspecified atom stereocenters. The number of benzene rings is 2. The smallest absolute Gasteiger partial charge is 0.406 e. The van der Waals surface area contributed by atoms with E-state index < -0.39 is 61.8 Å². The zero-order chi connectivity index (χ0) is 30.8. The quantitative estimate of drug-likeness (QED) is 0.0847. The third kappa shape index (κ3) is 8.50. The first kappa shape index (κ1) is 32.5. The topological polar surface area (TPSA) is 72.7 Å². The number of hydrogen-bond donors (Lipinski definition) is 2. The molecule has 0 atom stereocenters. The highest BCUT2D eigenvalue weighted by Gasteiger charge is 2.37. The first-order valence-corrected chi connectivity index (χ1v) is 12.3. The van der Waals surface area contributed by atoms with E-state index in [1.54, 1.807) is 0 Å². The summed E-state index contributed by atoms with van der Waals surface area (Å²) in [6, 6.07) is 5.63. The predicted octanol–water partition coefficient (Wildman–Crippen LogP) is 7.85. The van der Waals surface area contributed by atoms with E-state index in [0.29, 0.717) is 17.7 Å². The Hall–Kier alpha value is -3.02. The van der Waals surface area contributed by atoms with Gasteiger partial charge in [0.2, 0.25) is 0 Å². The number of aromatic nitrogens is 2. The molecule has 0 aliphatic carbocycles. The molecule has 3 rings (SSSR count). The molecule has 7 nitrogen and oxygen atoms in total. The van der Waals surface area contributed by atoms with E-state index in [1.807, 2.05) is 0 Å². The van der Waals surface area contributed by atoms with E-state index in [-0.39, 0.29) is 23.9 Å². The summed E-state index contributed by atoms with van der Waals surface area (Å²) in [4.78, 5) is 8.55. The highest BCUT2D eigenvalue weighted by atomic mass is 35.5. The van der Waals surface area contributed by atoms with Gasteiger partial charge < -0.3 is 10.1 Å². The summed E-state index contributed by atoms with van der Waals surface area (Å²) in [5.74, 6) is -1.16. The lowest BCUT2D eigenvalue weighted by Crippen LogP contribution is -2.26. The molecule has 1 heterocycles. The number of halogens is 11. The third-order valence-corrected chi connectivity index (χ3v) is 6.26. The zero-order valence-electron chi connectivity index (χ0n) is 20.4. The van der Waals surface area contributed by atoms with Gasteiger partial charge in [0.05, 0.1) is 27.1 Å². The summed E-state index contributed by atoms with van der Waals surface area (Å²) in [5, 5.41) is 5.47. The van der Waals surface area contributed by atoms with Crippen LogP contribution in [0.5, 0.6) is 5.75 Å². The Bertz CT molecular complexity index is 1390. The van der Waals surface area contributed by atoms with Crippen LogP contribution < -0.4 is 15.5 Å². The maximum absolute atomic E-state index is 13.5. The Morgan fingerprint density at radius 2 is 1.59 bits per heavy atom. The average molecular weight is 656 g/mol. The van der Waals surface area contributed by atoms with Gasteiger partial charge in [-0.1, -0.05) is 35.3 Å². The molecule has 0 aliphatic heterocycles. The number of thioether (sulfide) groups is 1. The van der Waals surface area contributed by atoms with Crippen molar-refractivity contribution in [2.75, 3.05) is 19.4 Å². The van der Waals surface area contributed by atoms with Crippen LogP contribution in [-0.2, 0) is 17.6 Å². The zero-order valence-corrected chi connectivity index (χ0v) is 22.7. The van der Waals surface area contributed by atoms with Crippen LogP contribution in [0, 0.1) is 0 Å². The van der Waals surface area contributed by atoms with Gasteiger partial charge in [-0.05, 0) is 41.6 Å². The fourth-order valence-electron chi connectivity index (χ4n) is 3.26. The number of alkyl halides is 9. The lowest BCUT2D eigenvalue weighted by molar-refractivity contribution is -0.274. The number of nitrogens with one attached hydrogen (secondary N) is 2. The Balaban J connectivity index is 1.96. The van der Waals surface area contributed by atoms with Crippen LogP contribution in [0.3, 0.4) is 0 Å². The molecule has 0 amide bonds. The van der Waals surface area contributed by atoms with Gasteiger partial charge in [0.1, 0.15) is 22.9 Å². The van der Waals surface area contributed by atoms with Crippen LogP contribution in [0.4, 0.5) is 45.3 Å². The number of anilines is 1. The van der Waals surface area contributed by atoms with Gasteiger partial charge in [-0.25, -0.2) is 10.2 Å². The van der Waals surface area contributed by atoms with Gasteiger partial charge in [-0.3, -0.25) is 9.83 Å². The first-order chi connectivity index (χ1) is 18.9. The van der Waals surface area contributed by atoms with Crippen molar-refractivity contribution < 1.29 is 49.1 Å². The predicted molar refractivity (Wildman–Crippen MR) is 134 cm³/mol. The molecule has 19 heteroatoms. The van der Waals surface area contributed by atoms with Gasteiger partial charge in [0, 0.05) is 14.1 Å². The molecular weight excluding hydrogens is 640 g/mol. The van der Waals surface area contributed by atoms with Crippen LogP contribution >= 0.6 is 35.0 Å². The second kappa shape index (κ2) is 12.5. The molecule has 0 saturated carbocycles. The molecule has 0 radical (unpaired) electrons. The van der Waals surface area contributed by atoms with Gasteiger partial charge in [-0.15, -0.1) is 13.2 Å². The minimum absolute atomic E-state index is 0.288. The normalized spacial score (nSPS) is 13.0. The summed E-state index contributed by atoms with van der Waals surface area (Å²) in [6.07, 6.45) is -9.69. The molecule has 0 spiro atoms. The Morgan fingerprint density at radius 3 is 2.05 bits per heavy atom. The van der Waals surface area contributed by atoms with E-state index in [4.69, 9.17) is 28.0 Å². The van der Waals surface area contributed by atoms with E-state index in [9.17, 15) is 39.5 Å². The minimum atomic E-state index is -4.89. The molecule has 1 aromatic heterocycles. The van der Waals surface area contributed by atoms with Crippen LogP contribution in [0.15, 0.2) is 46.3 Å². The summed E-state index contributed by atoms with van der Waals surface area (Å²) in [5.41, 5.74) is -4.16. The second-order valence-corrected chi connectivity index (χ2v) is 9.57. The van der Waals surface area contributed by atoms with Crippen molar-refractivity contribution in [2.45, 2.75) is 29.5 Å². The van der Waals surface area contributed by atoms with Crippen molar-refractivity contribution in [3.8, 4) is 11.4 Å². The van der Waals surface area contributed by atoms with E-state index in [0.717, 1.165) is 16.8 Å².